The highest BCUT2D eigenvalue weighted by atomic mass is 17.4. The van der Waals surface area contributed by atoms with Crippen LogP contribution in [0.1, 0.15) is 6.92 Å². The van der Waals surface area contributed by atoms with Crippen LogP contribution in [0.4, 0.5) is 0 Å². The fourth-order valence-corrected chi connectivity index (χ4v) is 0.309. The smallest absolute Gasteiger partial charge is 0.247 e. The van der Waals surface area contributed by atoms with E-state index in [9.17, 15) is 0 Å². The minimum absolute atomic E-state index is 0.0695. The van der Waals surface area contributed by atoms with Gasteiger partial charge in [0.05, 0.1) is 0 Å². The molecule has 0 aliphatic carbocycles. The molecule has 1 heterocycles. The van der Waals surface area contributed by atoms with Crippen LogP contribution in [0.5, 0.6) is 0 Å². The van der Waals surface area contributed by atoms with E-state index in [-0.39, 0.29) is 6.29 Å². The summed E-state index contributed by atoms with van der Waals surface area (Å²) in [6.07, 6.45) is -0.0695. The summed E-state index contributed by atoms with van der Waals surface area (Å²) in [4.78, 5) is 8.77. The van der Waals surface area contributed by atoms with Crippen LogP contribution in [-0.4, -0.2) is 19.5 Å². The first kappa shape index (κ1) is 5.03. The SMILES string of the molecule is CCOCC1OO1. The second-order valence-electron chi connectivity index (χ2n) is 1.28. The Bertz CT molecular complexity index is 50.9. The molecule has 0 atom stereocenters. The molecule has 1 aliphatic heterocycles. The van der Waals surface area contributed by atoms with Crippen molar-refractivity contribution in [3.8, 4) is 0 Å². The van der Waals surface area contributed by atoms with E-state index in [1.54, 1.807) is 0 Å². The van der Waals surface area contributed by atoms with Crippen LogP contribution in [0, 0.1) is 0 Å². The van der Waals surface area contributed by atoms with E-state index < -0.39 is 0 Å². The molecule has 0 radical (unpaired) electrons. The van der Waals surface area contributed by atoms with E-state index in [2.05, 4.69) is 9.78 Å². The number of ether oxygens (including phenoxy) is 1. The average Bonchev–Trinajstić information content (AvgIpc) is 2.42. The van der Waals surface area contributed by atoms with Gasteiger partial charge in [-0.3, -0.25) is 0 Å². The minimum atomic E-state index is -0.0695. The average molecular weight is 104 g/mol. The van der Waals surface area contributed by atoms with Crippen molar-refractivity contribution in [1.29, 1.82) is 0 Å². The normalized spacial score (nSPS) is 20.1. The van der Waals surface area contributed by atoms with Gasteiger partial charge < -0.3 is 4.74 Å². The summed E-state index contributed by atoms with van der Waals surface area (Å²) < 4.78 is 4.91. The second kappa shape index (κ2) is 2.26. The van der Waals surface area contributed by atoms with Gasteiger partial charge in [-0.25, -0.2) is 0 Å². The molecule has 0 aromatic heterocycles. The summed E-state index contributed by atoms with van der Waals surface area (Å²) in [6.45, 7) is 3.22. The Morgan fingerprint density at radius 1 is 1.57 bits per heavy atom. The molecular weight excluding hydrogens is 96.0 g/mol. The molecule has 1 saturated heterocycles. The molecule has 1 rings (SSSR count). The molecular formula is C4H8O3. The minimum Gasteiger partial charge on any atom is -0.376 e. The second-order valence-corrected chi connectivity index (χ2v) is 1.28. The van der Waals surface area contributed by atoms with Crippen LogP contribution in [0.2, 0.25) is 0 Å². The Morgan fingerprint density at radius 3 is 2.71 bits per heavy atom. The lowest BCUT2D eigenvalue weighted by atomic mass is 10.7. The summed E-state index contributed by atoms with van der Waals surface area (Å²) >= 11 is 0. The van der Waals surface area contributed by atoms with Crippen molar-refractivity contribution in [2.75, 3.05) is 13.2 Å². The molecule has 0 N–H and O–H groups in total. The van der Waals surface area contributed by atoms with Gasteiger partial charge in [0.1, 0.15) is 6.61 Å². The van der Waals surface area contributed by atoms with E-state index in [0.717, 1.165) is 6.61 Å². The fraction of sp³-hybridized carbons (Fsp3) is 1.00. The molecule has 0 bridgehead atoms. The Kier molecular flexibility index (Phi) is 1.62. The van der Waals surface area contributed by atoms with Crippen molar-refractivity contribution in [2.24, 2.45) is 0 Å². The molecule has 0 saturated carbocycles. The van der Waals surface area contributed by atoms with Crippen LogP contribution >= 0.6 is 0 Å². The van der Waals surface area contributed by atoms with E-state index in [1.807, 2.05) is 6.92 Å². The van der Waals surface area contributed by atoms with Gasteiger partial charge in [0.25, 0.3) is 0 Å². The van der Waals surface area contributed by atoms with Gasteiger partial charge >= 0.3 is 0 Å². The molecule has 0 aromatic rings. The highest BCUT2D eigenvalue weighted by Gasteiger charge is 2.24. The third-order valence-electron chi connectivity index (χ3n) is 0.690. The molecule has 3 nitrogen and oxygen atoms in total. The molecule has 0 aromatic carbocycles. The maximum absolute atomic E-state index is 4.91. The monoisotopic (exact) mass is 104 g/mol. The molecule has 7 heavy (non-hydrogen) atoms. The number of hydrogen-bond donors (Lipinski definition) is 0. The summed E-state index contributed by atoms with van der Waals surface area (Å²) in [5, 5.41) is 0. The highest BCUT2D eigenvalue weighted by Crippen LogP contribution is 2.10. The summed E-state index contributed by atoms with van der Waals surface area (Å²) in [5.41, 5.74) is 0. The van der Waals surface area contributed by atoms with Gasteiger partial charge in [0, 0.05) is 6.61 Å². The Hall–Kier alpha value is -0.120. The Labute approximate surface area is 42.1 Å². The lowest BCUT2D eigenvalue weighted by molar-refractivity contribution is 0.0850. The third kappa shape index (κ3) is 1.87. The topological polar surface area (TPSA) is 34.3 Å². The summed E-state index contributed by atoms with van der Waals surface area (Å²) in [6, 6.07) is 0. The summed E-state index contributed by atoms with van der Waals surface area (Å²) in [7, 11) is 0. The maximum Gasteiger partial charge on any atom is 0.247 e. The van der Waals surface area contributed by atoms with E-state index >= 15 is 0 Å². The van der Waals surface area contributed by atoms with Crippen molar-refractivity contribution >= 4 is 0 Å². The van der Waals surface area contributed by atoms with Crippen LogP contribution in [0.3, 0.4) is 0 Å². The van der Waals surface area contributed by atoms with Gasteiger partial charge in [0.2, 0.25) is 6.29 Å². The van der Waals surface area contributed by atoms with E-state index in [0.29, 0.717) is 6.61 Å². The van der Waals surface area contributed by atoms with Crippen LogP contribution in [0.15, 0.2) is 0 Å². The standard InChI is InChI=1S/C4H8O3/c1-2-5-3-4-6-7-4/h4H,2-3H2,1H3. The van der Waals surface area contributed by atoms with Gasteiger partial charge in [-0.05, 0) is 6.92 Å². The van der Waals surface area contributed by atoms with Crippen molar-refractivity contribution < 1.29 is 14.5 Å². The van der Waals surface area contributed by atoms with Gasteiger partial charge in [-0.1, -0.05) is 0 Å². The van der Waals surface area contributed by atoms with Crippen LogP contribution in [0.25, 0.3) is 0 Å². The number of rotatable bonds is 3. The molecule has 42 valence electrons. The summed E-state index contributed by atoms with van der Waals surface area (Å²) in [5.74, 6) is 0. The molecule has 1 aliphatic rings. The molecule has 0 spiro atoms. The van der Waals surface area contributed by atoms with Crippen molar-refractivity contribution in [3.05, 3.63) is 0 Å². The zero-order chi connectivity index (χ0) is 5.11. The van der Waals surface area contributed by atoms with Crippen LogP contribution in [-0.2, 0) is 14.5 Å². The van der Waals surface area contributed by atoms with Crippen molar-refractivity contribution in [1.82, 2.24) is 0 Å². The van der Waals surface area contributed by atoms with Gasteiger partial charge in [-0.15, -0.1) is 0 Å². The Morgan fingerprint density at radius 2 is 2.29 bits per heavy atom. The van der Waals surface area contributed by atoms with Crippen molar-refractivity contribution in [2.45, 2.75) is 13.2 Å². The first-order chi connectivity index (χ1) is 3.43. The largest absolute Gasteiger partial charge is 0.376 e. The number of hydrogen-bond acceptors (Lipinski definition) is 3. The zero-order valence-corrected chi connectivity index (χ0v) is 4.22. The highest BCUT2D eigenvalue weighted by molar-refractivity contribution is 4.40. The van der Waals surface area contributed by atoms with E-state index in [4.69, 9.17) is 4.74 Å². The first-order valence-corrected chi connectivity index (χ1v) is 2.33. The quantitative estimate of drug-likeness (QED) is 0.381. The van der Waals surface area contributed by atoms with Gasteiger partial charge in [0.15, 0.2) is 0 Å². The Balaban J connectivity index is 1.80. The van der Waals surface area contributed by atoms with Crippen LogP contribution < -0.4 is 0 Å². The van der Waals surface area contributed by atoms with Gasteiger partial charge in [-0.2, -0.15) is 9.78 Å². The fourth-order valence-electron chi connectivity index (χ4n) is 0.309. The molecule has 0 amide bonds. The lowest BCUT2D eigenvalue weighted by Gasteiger charge is -1.88. The third-order valence-corrected chi connectivity index (χ3v) is 0.690. The molecule has 0 unspecified atom stereocenters. The first-order valence-electron chi connectivity index (χ1n) is 2.33. The van der Waals surface area contributed by atoms with E-state index in [1.165, 1.54) is 0 Å². The predicted octanol–water partition coefficient (Wildman–Crippen LogP) is 0.311. The molecule has 3 heteroatoms. The molecule has 1 fully saturated rings. The van der Waals surface area contributed by atoms with Crippen molar-refractivity contribution in [3.63, 3.8) is 0 Å². The predicted molar refractivity (Wildman–Crippen MR) is 22.5 cm³/mol. The zero-order valence-electron chi connectivity index (χ0n) is 4.22. The maximum atomic E-state index is 4.91. The lowest BCUT2D eigenvalue weighted by Crippen LogP contribution is -1.98.